The van der Waals surface area contributed by atoms with E-state index in [4.69, 9.17) is 33.9 Å². The summed E-state index contributed by atoms with van der Waals surface area (Å²) in [5.41, 5.74) is 0.311. The van der Waals surface area contributed by atoms with E-state index in [0.717, 1.165) is 68.5 Å². The molecule has 0 amide bonds. The summed E-state index contributed by atoms with van der Waals surface area (Å²) in [7, 11) is 0. The summed E-state index contributed by atoms with van der Waals surface area (Å²) >= 11 is 15.8. The predicted molar refractivity (Wildman–Crippen MR) is 158 cm³/mol. The number of ether oxygens (including phenoxy) is 2. The van der Waals surface area contributed by atoms with E-state index in [1.807, 2.05) is 11.8 Å². The Labute approximate surface area is 227 Å². The Morgan fingerprint density at radius 2 is 1.65 bits per heavy atom. The maximum absolute atomic E-state index is 5.90. The lowest BCUT2D eigenvalue weighted by molar-refractivity contribution is 0.0759. The van der Waals surface area contributed by atoms with E-state index in [0.29, 0.717) is 16.6 Å². The first-order chi connectivity index (χ1) is 16.2. The summed E-state index contributed by atoms with van der Waals surface area (Å²) in [6, 6.07) is 0. The van der Waals surface area contributed by atoms with Gasteiger partial charge in [-0.05, 0) is 74.9 Å². The summed E-state index contributed by atoms with van der Waals surface area (Å²) in [4.78, 5) is 6.04. The van der Waals surface area contributed by atoms with Crippen LogP contribution >= 0.6 is 48.0 Å². The van der Waals surface area contributed by atoms with Crippen LogP contribution in [0.4, 0.5) is 0 Å². The Hall–Kier alpha value is 0.340. The van der Waals surface area contributed by atoms with Gasteiger partial charge in [0.1, 0.15) is 0 Å². The van der Waals surface area contributed by atoms with Gasteiger partial charge >= 0.3 is 0 Å². The zero-order valence-corrected chi connectivity index (χ0v) is 25.0. The lowest BCUT2D eigenvalue weighted by Crippen LogP contribution is -2.56. The second-order valence-corrected chi connectivity index (χ2v) is 14.5. The monoisotopic (exact) mass is 543 g/mol. The minimum atomic E-state index is -0.0274. The second-order valence-electron chi connectivity index (χ2n) is 11.1. The number of hydrogen-bond acceptors (Lipinski definition) is 6. The summed E-state index contributed by atoms with van der Waals surface area (Å²) in [5.74, 6) is 3.03. The fourth-order valence-corrected chi connectivity index (χ4v) is 9.35. The van der Waals surface area contributed by atoms with Crippen molar-refractivity contribution in [2.75, 3.05) is 37.9 Å². The molecule has 3 heterocycles. The molecule has 0 bridgehead atoms. The fraction of sp³-hybridized carbons (Fsp3) is 0.852. The molecule has 0 N–H and O–H groups in total. The van der Waals surface area contributed by atoms with E-state index < -0.39 is 0 Å². The minimum absolute atomic E-state index is 0.0274. The molecule has 2 atom stereocenters. The number of thiocarbonyl (C=S) groups is 2. The number of thioether (sulfide) groups is 2. The molecule has 3 nitrogen and oxygen atoms in total. The van der Waals surface area contributed by atoms with Crippen molar-refractivity contribution in [1.29, 1.82) is 0 Å². The number of allylic oxidation sites excluding steroid dienone is 2. The molecule has 2 unspecified atom stereocenters. The first kappa shape index (κ1) is 28.9. The van der Waals surface area contributed by atoms with Crippen molar-refractivity contribution in [3.63, 3.8) is 0 Å². The largest absolute Gasteiger partial charge is 0.381 e. The van der Waals surface area contributed by atoms with Crippen molar-refractivity contribution < 1.29 is 9.47 Å². The maximum Gasteiger partial charge on any atom is 0.0875 e. The van der Waals surface area contributed by atoms with Crippen LogP contribution in [0, 0.1) is 11.3 Å². The quantitative estimate of drug-likeness (QED) is 0.154. The van der Waals surface area contributed by atoms with Gasteiger partial charge in [-0.25, -0.2) is 0 Å². The summed E-state index contributed by atoms with van der Waals surface area (Å²) < 4.78 is 11.7. The molecule has 0 spiro atoms. The molecule has 0 aromatic heterocycles. The minimum Gasteiger partial charge on any atom is -0.381 e. The molecule has 3 rings (SSSR count). The van der Waals surface area contributed by atoms with Crippen LogP contribution in [0.25, 0.3) is 0 Å². The van der Waals surface area contributed by atoms with Crippen molar-refractivity contribution in [2.45, 2.75) is 96.3 Å². The third-order valence-electron chi connectivity index (χ3n) is 7.34. The van der Waals surface area contributed by atoms with Gasteiger partial charge in [0.25, 0.3) is 0 Å². The average molecular weight is 544 g/mol. The van der Waals surface area contributed by atoms with E-state index in [-0.39, 0.29) is 5.54 Å². The molecule has 0 aromatic carbocycles. The number of nitrogens with zero attached hydrogens (tertiary/aromatic N) is 1. The molecule has 0 saturated carbocycles. The van der Waals surface area contributed by atoms with Crippen LogP contribution in [-0.4, -0.2) is 63.6 Å². The van der Waals surface area contributed by atoms with Crippen molar-refractivity contribution >= 4 is 57.9 Å². The average Bonchev–Trinajstić information content (AvgIpc) is 3.47. The highest BCUT2D eigenvalue weighted by Crippen LogP contribution is 2.43. The van der Waals surface area contributed by atoms with E-state index in [9.17, 15) is 0 Å². The molecule has 3 aliphatic heterocycles. The van der Waals surface area contributed by atoms with Crippen LogP contribution in [0.2, 0.25) is 0 Å². The number of piperidine rings is 1. The number of fused-ring (bicyclic) bond motifs is 1. The van der Waals surface area contributed by atoms with Crippen molar-refractivity contribution in [3.8, 4) is 0 Å². The van der Waals surface area contributed by atoms with Crippen LogP contribution in [0.15, 0.2) is 11.0 Å². The van der Waals surface area contributed by atoms with Crippen LogP contribution < -0.4 is 0 Å². The normalized spacial score (nSPS) is 23.5. The van der Waals surface area contributed by atoms with Crippen molar-refractivity contribution in [2.24, 2.45) is 11.3 Å². The van der Waals surface area contributed by atoms with Gasteiger partial charge in [-0.2, -0.15) is 11.8 Å². The molecule has 3 aliphatic rings. The first-order valence-electron chi connectivity index (χ1n) is 13.2. The summed E-state index contributed by atoms with van der Waals surface area (Å²) in [6.45, 7) is 12.6. The van der Waals surface area contributed by atoms with Crippen molar-refractivity contribution in [3.05, 3.63) is 11.0 Å². The molecule has 0 aliphatic carbocycles. The number of hydrogen-bond donors (Lipinski definition) is 0. The molecule has 2 fully saturated rings. The van der Waals surface area contributed by atoms with Crippen LogP contribution in [0.3, 0.4) is 0 Å². The van der Waals surface area contributed by atoms with Crippen LogP contribution in [0.5, 0.6) is 0 Å². The predicted octanol–water partition coefficient (Wildman–Crippen LogP) is 7.67. The third kappa shape index (κ3) is 8.17. The Morgan fingerprint density at radius 1 is 0.941 bits per heavy atom. The molecular weight excluding hydrogens is 499 g/mol. The van der Waals surface area contributed by atoms with Gasteiger partial charge in [-0.1, -0.05) is 50.8 Å². The first-order valence-corrected chi connectivity index (χ1v) is 16.0. The molecule has 194 valence electrons. The van der Waals surface area contributed by atoms with Crippen LogP contribution in [0.1, 0.15) is 85.5 Å². The number of likely N-dealkylation sites (tertiary alicyclic amines) is 1. The maximum atomic E-state index is 5.90. The fourth-order valence-electron chi connectivity index (χ4n) is 5.29. The van der Waals surface area contributed by atoms with Gasteiger partial charge in [0, 0.05) is 55.3 Å². The second kappa shape index (κ2) is 13.8. The van der Waals surface area contributed by atoms with Gasteiger partial charge in [0.05, 0.1) is 9.98 Å². The Bertz CT molecular complexity index is 721. The zero-order valence-electron chi connectivity index (χ0n) is 21.7. The summed E-state index contributed by atoms with van der Waals surface area (Å²) in [6.07, 6.45) is 12.6. The van der Waals surface area contributed by atoms with Gasteiger partial charge in [-0.15, -0.1) is 11.8 Å². The van der Waals surface area contributed by atoms with Crippen LogP contribution in [-0.2, 0) is 9.47 Å². The molecule has 0 aromatic rings. The third-order valence-corrected chi connectivity index (χ3v) is 11.0. The summed E-state index contributed by atoms with van der Waals surface area (Å²) in [5, 5.41) is 0.623. The van der Waals surface area contributed by atoms with Crippen molar-refractivity contribution in [1.82, 2.24) is 4.90 Å². The van der Waals surface area contributed by atoms with Gasteiger partial charge in [-0.3, -0.25) is 0 Å². The topological polar surface area (TPSA) is 21.7 Å². The van der Waals surface area contributed by atoms with Gasteiger partial charge in [0.2, 0.25) is 0 Å². The Kier molecular flexibility index (Phi) is 11.7. The van der Waals surface area contributed by atoms with E-state index in [1.165, 1.54) is 37.2 Å². The number of rotatable bonds is 15. The Balaban J connectivity index is 1.19. The molecule has 7 heteroatoms. The van der Waals surface area contributed by atoms with E-state index >= 15 is 0 Å². The molecule has 34 heavy (non-hydrogen) atoms. The Morgan fingerprint density at radius 3 is 2.35 bits per heavy atom. The van der Waals surface area contributed by atoms with Gasteiger partial charge < -0.3 is 14.4 Å². The molecule has 2 saturated heterocycles. The molecular formula is C27H45NO2S4. The lowest BCUT2D eigenvalue weighted by Gasteiger charge is -2.46. The molecule has 0 radical (unpaired) electrons. The standard InChI is InChI=1S/C27H45NO2S4/c1-26(2,23-10-7-18-34-23)12-5-6-14-29-16-9-17-30-15-8-13-27(3,4)28-24(31)20-22-21(25(28)32)11-19-33-22/h10,21-22H,5-9,11-20H2,1-4H3. The highest BCUT2D eigenvalue weighted by molar-refractivity contribution is 8.03. The SMILES string of the molecule is CC(C)(CCCCOCCCOCCCC(C)(C)N1C(=S)CC2SCCC2C1=S)C1=CCCS1. The smallest absolute Gasteiger partial charge is 0.0875 e. The van der Waals surface area contributed by atoms with Gasteiger partial charge in [0.15, 0.2) is 0 Å². The lowest BCUT2D eigenvalue weighted by atomic mass is 9.86. The van der Waals surface area contributed by atoms with E-state index in [2.05, 4.69) is 50.4 Å². The highest BCUT2D eigenvalue weighted by Gasteiger charge is 2.44. The van der Waals surface area contributed by atoms with E-state index in [1.54, 1.807) is 4.91 Å². The zero-order chi connectivity index (χ0) is 24.6. The number of unbranched alkanes of at least 4 members (excludes halogenated alkanes) is 1. The highest BCUT2D eigenvalue weighted by atomic mass is 32.2.